The lowest BCUT2D eigenvalue weighted by Gasteiger charge is -2.02. The molecule has 90 valence electrons. The number of carboxylic acids is 1. The van der Waals surface area contributed by atoms with E-state index in [4.69, 9.17) is 0 Å². The maximum atomic E-state index is 11.2. The first-order valence-electron chi connectivity index (χ1n) is 5.48. The monoisotopic (exact) mass is 256 g/mol. The molecule has 0 aromatic heterocycles. The molecule has 0 radical (unpaired) electrons. The van der Waals surface area contributed by atoms with Crippen molar-refractivity contribution in [2.24, 2.45) is 0 Å². The standard InChI is InChI=1S/C15H12O2S/c16-15(17)14(11-12-7-3-1-4-8-12)18-13-9-5-2-6-10-13/h1-11H,(H,16,17)/b14-11-. The van der Waals surface area contributed by atoms with E-state index in [1.807, 2.05) is 60.7 Å². The fourth-order valence-electron chi connectivity index (χ4n) is 1.45. The smallest absolute Gasteiger partial charge is 0.342 e. The quantitative estimate of drug-likeness (QED) is 0.665. The van der Waals surface area contributed by atoms with Gasteiger partial charge in [-0.2, -0.15) is 0 Å². The van der Waals surface area contributed by atoms with E-state index in [2.05, 4.69) is 0 Å². The summed E-state index contributed by atoms with van der Waals surface area (Å²) in [7, 11) is 0. The number of aliphatic carboxylic acids is 1. The zero-order chi connectivity index (χ0) is 12.8. The van der Waals surface area contributed by atoms with Crippen molar-refractivity contribution < 1.29 is 9.90 Å². The molecular weight excluding hydrogens is 244 g/mol. The fourth-order valence-corrected chi connectivity index (χ4v) is 2.28. The van der Waals surface area contributed by atoms with E-state index in [1.54, 1.807) is 6.08 Å². The minimum atomic E-state index is -0.910. The maximum absolute atomic E-state index is 11.2. The van der Waals surface area contributed by atoms with Crippen molar-refractivity contribution in [1.82, 2.24) is 0 Å². The summed E-state index contributed by atoms with van der Waals surface area (Å²) in [6.07, 6.45) is 1.68. The molecule has 2 rings (SSSR count). The normalized spacial score (nSPS) is 11.2. The molecule has 0 saturated heterocycles. The predicted molar refractivity (Wildman–Crippen MR) is 74.4 cm³/mol. The van der Waals surface area contributed by atoms with Crippen molar-refractivity contribution in [2.45, 2.75) is 4.90 Å². The fraction of sp³-hybridized carbons (Fsp3) is 0. The van der Waals surface area contributed by atoms with Crippen LogP contribution in [-0.2, 0) is 4.79 Å². The van der Waals surface area contributed by atoms with Crippen molar-refractivity contribution in [2.75, 3.05) is 0 Å². The summed E-state index contributed by atoms with van der Waals surface area (Å²) in [4.78, 5) is 12.5. The summed E-state index contributed by atoms with van der Waals surface area (Å²) in [5.41, 5.74) is 0.887. The Kier molecular flexibility index (Phi) is 4.20. The van der Waals surface area contributed by atoms with E-state index in [0.717, 1.165) is 10.5 Å². The molecule has 2 nitrogen and oxygen atoms in total. The van der Waals surface area contributed by atoms with Gasteiger partial charge in [-0.3, -0.25) is 0 Å². The number of rotatable bonds is 4. The molecule has 0 fully saturated rings. The average molecular weight is 256 g/mol. The molecule has 0 atom stereocenters. The Morgan fingerprint density at radius 1 is 0.944 bits per heavy atom. The van der Waals surface area contributed by atoms with Crippen LogP contribution in [0.5, 0.6) is 0 Å². The zero-order valence-corrected chi connectivity index (χ0v) is 10.4. The Labute approximate surface area is 110 Å². The van der Waals surface area contributed by atoms with Gasteiger partial charge in [0.2, 0.25) is 0 Å². The van der Waals surface area contributed by atoms with Crippen LogP contribution in [0.25, 0.3) is 6.08 Å². The third-order valence-corrected chi connectivity index (χ3v) is 3.30. The van der Waals surface area contributed by atoms with Gasteiger partial charge in [0.1, 0.15) is 0 Å². The highest BCUT2D eigenvalue weighted by atomic mass is 32.2. The molecule has 2 aromatic rings. The first-order valence-corrected chi connectivity index (χ1v) is 6.30. The van der Waals surface area contributed by atoms with E-state index in [9.17, 15) is 9.90 Å². The molecule has 0 aliphatic carbocycles. The van der Waals surface area contributed by atoms with Gasteiger partial charge >= 0.3 is 5.97 Å². The van der Waals surface area contributed by atoms with Gasteiger partial charge in [0, 0.05) is 4.90 Å². The zero-order valence-electron chi connectivity index (χ0n) is 9.61. The molecule has 0 aliphatic rings. The summed E-state index contributed by atoms with van der Waals surface area (Å²) >= 11 is 1.25. The van der Waals surface area contributed by atoms with Gasteiger partial charge in [-0.25, -0.2) is 4.79 Å². The summed E-state index contributed by atoms with van der Waals surface area (Å²) < 4.78 is 0. The highest BCUT2D eigenvalue weighted by Crippen LogP contribution is 2.28. The molecule has 0 amide bonds. The van der Waals surface area contributed by atoms with E-state index < -0.39 is 5.97 Å². The van der Waals surface area contributed by atoms with E-state index in [-0.39, 0.29) is 0 Å². The topological polar surface area (TPSA) is 37.3 Å². The molecule has 0 saturated carbocycles. The largest absolute Gasteiger partial charge is 0.477 e. The van der Waals surface area contributed by atoms with Crippen LogP contribution in [0.3, 0.4) is 0 Å². The lowest BCUT2D eigenvalue weighted by Crippen LogP contribution is -1.96. The Hall–Kier alpha value is -2.00. The summed E-state index contributed by atoms with van der Waals surface area (Å²) in [5, 5.41) is 9.21. The molecule has 18 heavy (non-hydrogen) atoms. The molecule has 0 heterocycles. The Morgan fingerprint density at radius 3 is 2.06 bits per heavy atom. The van der Waals surface area contributed by atoms with E-state index >= 15 is 0 Å². The van der Waals surface area contributed by atoms with Gasteiger partial charge < -0.3 is 5.11 Å². The van der Waals surface area contributed by atoms with Crippen molar-refractivity contribution in [3.8, 4) is 0 Å². The number of hydrogen-bond donors (Lipinski definition) is 1. The average Bonchev–Trinajstić information content (AvgIpc) is 2.40. The molecule has 2 aromatic carbocycles. The second-order valence-electron chi connectivity index (χ2n) is 3.64. The molecule has 0 spiro atoms. The second-order valence-corrected chi connectivity index (χ2v) is 4.75. The molecule has 3 heteroatoms. The number of carbonyl (C=O) groups is 1. The van der Waals surface area contributed by atoms with Crippen LogP contribution >= 0.6 is 11.8 Å². The minimum absolute atomic E-state index is 0.312. The van der Waals surface area contributed by atoms with E-state index in [1.165, 1.54) is 11.8 Å². The Balaban J connectivity index is 2.25. The third-order valence-electron chi connectivity index (χ3n) is 2.28. The Morgan fingerprint density at radius 2 is 1.50 bits per heavy atom. The van der Waals surface area contributed by atoms with Crippen LogP contribution in [0.15, 0.2) is 70.5 Å². The molecule has 0 unspecified atom stereocenters. The van der Waals surface area contributed by atoms with Gasteiger partial charge in [-0.1, -0.05) is 60.3 Å². The van der Waals surface area contributed by atoms with E-state index in [0.29, 0.717) is 4.91 Å². The van der Waals surface area contributed by atoms with Crippen LogP contribution < -0.4 is 0 Å². The van der Waals surface area contributed by atoms with Crippen LogP contribution in [0.1, 0.15) is 5.56 Å². The first-order chi connectivity index (χ1) is 8.75. The first kappa shape index (κ1) is 12.5. The van der Waals surface area contributed by atoms with Gasteiger partial charge in [0.05, 0.1) is 4.91 Å². The SMILES string of the molecule is O=C(O)/C(=C/c1ccccc1)Sc1ccccc1. The summed E-state index contributed by atoms with van der Waals surface area (Å²) in [6.45, 7) is 0. The summed E-state index contributed by atoms with van der Waals surface area (Å²) in [5.74, 6) is -0.910. The predicted octanol–water partition coefficient (Wildman–Crippen LogP) is 3.90. The number of thioether (sulfide) groups is 1. The molecule has 0 bridgehead atoms. The van der Waals surface area contributed by atoms with Crippen molar-refractivity contribution >= 4 is 23.8 Å². The third kappa shape index (κ3) is 3.50. The highest BCUT2D eigenvalue weighted by Gasteiger charge is 2.09. The van der Waals surface area contributed by atoms with Gasteiger partial charge in [0.15, 0.2) is 0 Å². The van der Waals surface area contributed by atoms with Gasteiger partial charge in [-0.05, 0) is 23.8 Å². The maximum Gasteiger partial charge on any atom is 0.342 e. The molecular formula is C15H12O2S. The van der Waals surface area contributed by atoms with Crippen molar-refractivity contribution in [1.29, 1.82) is 0 Å². The van der Waals surface area contributed by atoms with Crippen LogP contribution in [0, 0.1) is 0 Å². The van der Waals surface area contributed by atoms with Crippen LogP contribution in [0.4, 0.5) is 0 Å². The van der Waals surface area contributed by atoms with Crippen LogP contribution in [0.2, 0.25) is 0 Å². The number of benzene rings is 2. The summed E-state index contributed by atoms with van der Waals surface area (Å²) in [6, 6.07) is 18.9. The number of carboxylic acid groups (broad SMARTS) is 1. The van der Waals surface area contributed by atoms with Gasteiger partial charge in [0.25, 0.3) is 0 Å². The van der Waals surface area contributed by atoms with Crippen LogP contribution in [-0.4, -0.2) is 11.1 Å². The lowest BCUT2D eigenvalue weighted by molar-refractivity contribution is -0.131. The minimum Gasteiger partial charge on any atom is -0.477 e. The second kappa shape index (κ2) is 6.07. The van der Waals surface area contributed by atoms with Crippen molar-refractivity contribution in [3.63, 3.8) is 0 Å². The lowest BCUT2D eigenvalue weighted by atomic mass is 10.2. The molecule has 1 N–H and O–H groups in total. The molecule has 0 aliphatic heterocycles. The Bertz CT molecular complexity index is 547. The number of hydrogen-bond acceptors (Lipinski definition) is 2. The van der Waals surface area contributed by atoms with Gasteiger partial charge in [-0.15, -0.1) is 0 Å². The van der Waals surface area contributed by atoms with Crippen molar-refractivity contribution in [3.05, 3.63) is 71.1 Å². The highest BCUT2D eigenvalue weighted by molar-refractivity contribution is 8.04.